The topological polar surface area (TPSA) is 69.0 Å². The monoisotopic (exact) mass is 440 g/mol. The van der Waals surface area contributed by atoms with Crippen LogP contribution in [0.25, 0.3) is 0 Å². The summed E-state index contributed by atoms with van der Waals surface area (Å²) in [7, 11) is 0. The van der Waals surface area contributed by atoms with Gasteiger partial charge in [-0.25, -0.2) is 4.68 Å². The van der Waals surface area contributed by atoms with Crippen LogP contribution in [0.4, 0.5) is 5.95 Å². The summed E-state index contributed by atoms with van der Waals surface area (Å²) in [4.78, 5) is 18.0. The minimum Gasteiger partial charge on any atom is -0.494 e. The van der Waals surface area contributed by atoms with Gasteiger partial charge >= 0.3 is 0 Å². The van der Waals surface area contributed by atoms with Crippen LogP contribution in [-0.2, 0) is 4.79 Å². The predicted octanol–water partition coefficient (Wildman–Crippen LogP) is 5.62. The number of nitrogens with one attached hydrogen (secondary N) is 1. The Morgan fingerprint density at radius 2 is 1.97 bits per heavy atom. The number of anilines is 1. The highest BCUT2D eigenvalue weighted by molar-refractivity contribution is 7.99. The zero-order valence-corrected chi connectivity index (χ0v) is 19.7. The van der Waals surface area contributed by atoms with Gasteiger partial charge in [0.2, 0.25) is 11.1 Å². The van der Waals surface area contributed by atoms with Crippen molar-refractivity contribution in [2.45, 2.75) is 71.0 Å². The maximum Gasteiger partial charge on any atom is 0.227 e. The number of unbranched alkanes of at least 4 members (excludes halogenated alkanes) is 1. The number of hydrogen-bond acceptors (Lipinski definition) is 6. The molecule has 0 spiro atoms. The summed E-state index contributed by atoms with van der Waals surface area (Å²) in [5.74, 6) is 2.75. The van der Waals surface area contributed by atoms with Gasteiger partial charge in [-0.05, 0) is 42.4 Å². The molecule has 31 heavy (non-hydrogen) atoms. The third-order valence-corrected chi connectivity index (χ3v) is 6.63. The van der Waals surface area contributed by atoms with Gasteiger partial charge in [-0.3, -0.25) is 4.79 Å². The van der Waals surface area contributed by atoms with Crippen molar-refractivity contribution in [3.05, 3.63) is 41.1 Å². The lowest BCUT2D eigenvalue weighted by atomic mass is 9.73. The fraction of sp³-hybridized carbons (Fsp3) is 0.542. The van der Waals surface area contributed by atoms with Gasteiger partial charge in [-0.2, -0.15) is 4.98 Å². The van der Waals surface area contributed by atoms with Crippen molar-refractivity contribution in [2.24, 2.45) is 5.41 Å². The van der Waals surface area contributed by atoms with E-state index in [0.717, 1.165) is 65.1 Å². The number of aromatic nitrogens is 3. The Morgan fingerprint density at radius 3 is 2.68 bits per heavy atom. The molecule has 2 aromatic rings. The third-order valence-electron chi connectivity index (χ3n) is 5.71. The second-order valence-corrected chi connectivity index (χ2v) is 10.2. The van der Waals surface area contributed by atoms with Crippen LogP contribution in [0.1, 0.15) is 71.4 Å². The summed E-state index contributed by atoms with van der Waals surface area (Å²) >= 11 is 1.67. The summed E-state index contributed by atoms with van der Waals surface area (Å²) < 4.78 is 7.65. The number of hydrogen-bond donors (Lipinski definition) is 1. The van der Waals surface area contributed by atoms with Crippen molar-refractivity contribution in [1.29, 1.82) is 0 Å². The predicted molar refractivity (Wildman–Crippen MR) is 125 cm³/mol. The average molecular weight is 441 g/mol. The Labute approximate surface area is 188 Å². The van der Waals surface area contributed by atoms with Gasteiger partial charge in [-0.1, -0.05) is 58.0 Å². The molecule has 4 rings (SSSR count). The van der Waals surface area contributed by atoms with E-state index in [-0.39, 0.29) is 17.2 Å². The molecule has 0 saturated carbocycles. The molecule has 1 unspecified atom stereocenters. The molecule has 0 fully saturated rings. The molecular formula is C24H32N4O2S. The number of thioether (sulfide) groups is 1. The van der Waals surface area contributed by atoms with Crippen molar-refractivity contribution in [1.82, 2.24) is 14.8 Å². The van der Waals surface area contributed by atoms with Crippen LogP contribution in [0.5, 0.6) is 5.75 Å². The first-order chi connectivity index (χ1) is 14.9. The summed E-state index contributed by atoms with van der Waals surface area (Å²) in [5, 5.41) is 9.01. The number of rotatable bonds is 8. The van der Waals surface area contributed by atoms with E-state index < -0.39 is 0 Å². The number of ether oxygens (including phenoxy) is 1. The zero-order valence-electron chi connectivity index (χ0n) is 18.9. The number of benzene rings is 1. The second kappa shape index (κ2) is 9.07. The Hall–Kier alpha value is -2.28. The van der Waals surface area contributed by atoms with Gasteiger partial charge in [-0.15, -0.1) is 5.10 Å². The largest absolute Gasteiger partial charge is 0.494 e. The van der Waals surface area contributed by atoms with Crippen molar-refractivity contribution in [3.63, 3.8) is 0 Å². The van der Waals surface area contributed by atoms with Crippen LogP contribution in [0.3, 0.4) is 0 Å². The lowest BCUT2D eigenvalue weighted by Gasteiger charge is -2.38. The van der Waals surface area contributed by atoms with Crippen LogP contribution >= 0.6 is 11.8 Å². The molecule has 0 bridgehead atoms. The first-order valence-electron chi connectivity index (χ1n) is 11.3. The molecule has 2 aliphatic rings. The van der Waals surface area contributed by atoms with Crippen LogP contribution in [-0.4, -0.2) is 32.9 Å². The summed E-state index contributed by atoms with van der Waals surface area (Å²) in [5.41, 5.74) is 2.78. The molecule has 6 nitrogen and oxygen atoms in total. The standard InChI is InChI=1S/C24H32N4O2S/c1-5-7-13-31-23-26-22-25-18-14-24(3,4)15-19(29)20(18)21(28(22)27-23)16-8-10-17(11-9-16)30-12-6-2/h8-11,21H,5-7,12-15H2,1-4H3,(H,25,26,27). The maximum absolute atomic E-state index is 13.3. The Kier molecular flexibility index (Phi) is 6.42. The van der Waals surface area contributed by atoms with E-state index in [1.165, 1.54) is 0 Å². The van der Waals surface area contributed by atoms with E-state index in [2.05, 4.69) is 33.0 Å². The highest BCUT2D eigenvalue weighted by Crippen LogP contribution is 2.45. The SMILES string of the molecule is CCCCSc1nc2n(n1)C(c1ccc(OCCC)cc1)C1=C(CC(C)(C)CC1=O)N2. The third kappa shape index (κ3) is 4.66. The number of Topliss-reactive ketones (excluding diaryl/α,β-unsaturated/α-hetero) is 1. The number of fused-ring (bicyclic) bond motifs is 1. The van der Waals surface area contributed by atoms with Crippen LogP contribution in [0, 0.1) is 5.41 Å². The minimum atomic E-state index is -0.261. The number of carbonyl (C=O) groups excluding carboxylic acids is 1. The molecule has 1 aromatic heterocycles. The quantitative estimate of drug-likeness (QED) is 0.425. The fourth-order valence-corrected chi connectivity index (χ4v) is 5.15. The Morgan fingerprint density at radius 1 is 1.19 bits per heavy atom. The average Bonchev–Trinajstić information content (AvgIpc) is 3.13. The molecular weight excluding hydrogens is 408 g/mol. The molecule has 0 amide bonds. The summed E-state index contributed by atoms with van der Waals surface area (Å²) in [6.45, 7) is 9.27. The molecule has 7 heteroatoms. The molecule has 1 atom stereocenters. The lowest BCUT2D eigenvalue weighted by Crippen LogP contribution is -2.36. The Balaban J connectivity index is 1.72. The van der Waals surface area contributed by atoms with E-state index in [1.807, 2.05) is 28.9 Å². The normalized spacial score (nSPS) is 19.6. The summed E-state index contributed by atoms with van der Waals surface area (Å²) in [6, 6.07) is 7.81. The molecule has 1 aliphatic heterocycles. The second-order valence-electron chi connectivity index (χ2n) is 9.14. The van der Waals surface area contributed by atoms with Crippen LogP contribution in [0.15, 0.2) is 40.7 Å². The van der Waals surface area contributed by atoms with E-state index in [4.69, 9.17) is 14.8 Å². The molecule has 2 heterocycles. The summed E-state index contributed by atoms with van der Waals surface area (Å²) in [6.07, 6.45) is 4.62. The first-order valence-corrected chi connectivity index (χ1v) is 12.3. The lowest BCUT2D eigenvalue weighted by molar-refractivity contribution is -0.118. The highest BCUT2D eigenvalue weighted by atomic mass is 32.2. The fourth-order valence-electron chi connectivity index (χ4n) is 4.23. The minimum absolute atomic E-state index is 0.0633. The van der Waals surface area contributed by atoms with E-state index in [0.29, 0.717) is 13.0 Å². The number of ketones is 1. The van der Waals surface area contributed by atoms with Crippen LogP contribution < -0.4 is 10.1 Å². The molecule has 0 radical (unpaired) electrons. The molecule has 1 aromatic carbocycles. The Bertz CT molecular complexity index is 978. The molecule has 1 aliphatic carbocycles. The van der Waals surface area contributed by atoms with Crippen LogP contribution in [0.2, 0.25) is 0 Å². The van der Waals surface area contributed by atoms with Gasteiger partial charge in [0.15, 0.2) is 5.78 Å². The number of nitrogens with zero attached hydrogens (tertiary/aromatic N) is 3. The van der Waals surface area contributed by atoms with Gasteiger partial charge in [0.1, 0.15) is 11.8 Å². The molecule has 0 saturated heterocycles. The van der Waals surface area contributed by atoms with Crippen molar-refractivity contribution < 1.29 is 9.53 Å². The molecule has 166 valence electrons. The van der Waals surface area contributed by atoms with Crippen molar-refractivity contribution >= 4 is 23.5 Å². The molecule has 1 N–H and O–H groups in total. The van der Waals surface area contributed by atoms with E-state index in [9.17, 15) is 4.79 Å². The van der Waals surface area contributed by atoms with Crippen molar-refractivity contribution in [2.75, 3.05) is 17.7 Å². The highest BCUT2D eigenvalue weighted by Gasteiger charge is 2.41. The smallest absolute Gasteiger partial charge is 0.227 e. The van der Waals surface area contributed by atoms with E-state index >= 15 is 0 Å². The number of carbonyl (C=O) groups is 1. The first kappa shape index (κ1) is 21.9. The van der Waals surface area contributed by atoms with Gasteiger partial charge in [0.05, 0.1) is 6.61 Å². The zero-order chi connectivity index (χ0) is 22.0. The van der Waals surface area contributed by atoms with Gasteiger partial charge in [0, 0.05) is 23.4 Å². The van der Waals surface area contributed by atoms with Gasteiger partial charge < -0.3 is 10.1 Å². The maximum atomic E-state index is 13.3. The van der Waals surface area contributed by atoms with Gasteiger partial charge in [0.25, 0.3) is 0 Å². The van der Waals surface area contributed by atoms with E-state index in [1.54, 1.807) is 11.8 Å². The number of allylic oxidation sites excluding steroid dienone is 2. The van der Waals surface area contributed by atoms with Crippen molar-refractivity contribution in [3.8, 4) is 5.75 Å².